The SMILES string of the molecule is CCCNC(Cc1cccc(C)c1)C(CC)OC. The van der Waals surface area contributed by atoms with Gasteiger partial charge >= 0.3 is 0 Å². The molecular formula is C16H27NO. The van der Waals surface area contributed by atoms with E-state index >= 15 is 0 Å². The van der Waals surface area contributed by atoms with Gasteiger partial charge in [-0.3, -0.25) is 0 Å². The summed E-state index contributed by atoms with van der Waals surface area (Å²) in [4.78, 5) is 0. The van der Waals surface area contributed by atoms with Crippen molar-refractivity contribution in [1.82, 2.24) is 5.32 Å². The summed E-state index contributed by atoms with van der Waals surface area (Å²) < 4.78 is 5.60. The Balaban J connectivity index is 2.70. The van der Waals surface area contributed by atoms with Crippen LogP contribution in [0.3, 0.4) is 0 Å². The van der Waals surface area contributed by atoms with Crippen LogP contribution in [0, 0.1) is 6.92 Å². The number of hydrogen-bond donors (Lipinski definition) is 1. The van der Waals surface area contributed by atoms with Gasteiger partial charge in [-0.25, -0.2) is 0 Å². The Morgan fingerprint density at radius 3 is 2.61 bits per heavy atom. The van der Waals surface area contributed by atoms with Crippen molar-refractivity contribution in [3.63, 3.8) is 0 Å². The van der Waals surface area contributed by atoms with Crippen molar-refractivity contribution in [2.24, 2.45) is 0 Å². The van der Waals surface area contributed by atoms with Gasteiger partial charge in [-0.2, -0.15) is 0 Å². The molecule has 0 radical (unpaired) electrons. The van der Waals surface area contributed by atoms with Gasteiger partial charge in [0.15, 0.2) is 0 Å². The third kappa shape index (κ3) is 4.79. The van der Waals surface area contributed by atoms with E-state index < -0.39 is 0 Å². The zero-order valence-electron chi connectivity index (χ0n) is 12.2. The monoisotopic (exact) mass is 249 g/mol. The quantitative estimate of drug-likeness (QED) is 0.763. The minimum atomic E-state index is 0.289. The molecule has 2 heteroatoms. The Labute approximate surface area is 112 Å². The smallest absolute Gasteiger partial charge is 0.0724 e. The fraction of sp³-hybridized carbons (Fsp3) is 0.625. The lowest BCUT2D eigenvalue weighted by Gasteiger charge is -2.26. The maximum Gasteiger partial charge on any atom is 0.0724 e. The van der Waals surface area contributed by atoms with E-state index in [1.807, 2.05) is 7.11 Å². The molecule has 0 spiro atoms. The van der Waals surface area contributed by atoms with E-state index in [-0.39, 0.29) is 6.10 Å². The maximum absolute atomic E-state index is 5.60. The Bertz CT molecular complexity index is 334. The van der Waals surface area contributed by atoms with Crippen LogP contribution in [0.15, 0.2) is 24.3 Å². The highest BCUT2D eigenvalue weighted by atomic mass is 16.5. The van der Waals surface area contributed by atoms with Crippen molar-refractivity contribution in [2.75, 3.05) is 13.7 Å². The van der Waals surface area contributed by atoms with Crippen LogP contribution < -0.4 is 5.32 Å². The van der Waals surface area contributed by atoms with Gasteiger partial charge in [-0.05, 0) is 38.3 Å². The van der Waals surface area contributed by atoms with Gasteiger partial charge in [-0.1, -0.05) is 43.7 Å². The van der Waals surface area contributed by atoms with Crippen LogP contribution in [-0.4, -0.2) is 25.8 Å². The van der Waals surface area contributed by atoms with Crippen molar-refractivity contribution in [2.45, 2.75) is 52.2 Å². The highest BCUT2D eigenvalue weighted by Crippen LogP contribution is 2.12. The summed E-state index contributed by atoms with van der Waals surface area (Å²) >= 11 is 0. The van der Waals surface area contributed by atoms with Gasteiger partial charge in [0.25, 0.3) is 0 Å². The zero-order valence-corrected chi connectivity index (χ0v) is 12.2. The molecule has 1 aromatic rings. The van der Waals surface area contributed by atoms with E-state index in [1.165, 1.54) is 11.1 Å². The number of aryl methyl sites for hydroxylation is 1. The molecule has 2 unspecified atom stereocenters. The molecule has 0 aliphatic heterocycles. The van der Waals surface area contributed by atoms with Gasteiger partial charge in [0, 0.05) is 13.2 Å². The molecular weight excluding hydrogens is 222 g/mol. The third-order valence-electron chi connectivity index (χ3n) is 3.35. The van der Waals surface area contributed by atoms with E-state index in [2.05, 4.69) is 50.4 Å². The van der Waals surface area contributed by atoms with Crippen LogP contribution in [0.5, 0.6) is 0 Å². The first-order valence-corrected chi connectivity index (χ1v) is 7.03. The summed E-state index contributed by atoms with van der Waals surface area (Å²) in [5.41, 5.74) is 2.71. The number of methoxy groups -OCH3 is 1. The average molecular weight is 249 g/mol. The fourth-order valence-electron chi connectivity index (χ4n) is 2.37. The van der Waals surface area contributed by atoms with E-state index in [0.717, 1.165) is 25.8 Å². The molecule has 0 aromatic heterocycles. The Morgan fingerprint density at radius 1 is 1.28 bits per heavy atom. The van der Waals surface area contributed by atoms with Crippen molar-refractivity contribution >= 4 is 0 Å². The summed E-state index contributed by atoms with van der Waals surface area (Å²) in [5.74, 6) is 0. The molecule has 1 rings (SSSR count). The van der Waals surface area contributed by atoms with Gasteiger partial charge < -0.3 is 10.1 Å². The molecule has 2 nitrogen and oxygen atoms in total. The summed E-state index contributed by atoms with van der Waals surface area (Å²) in [6, 6.07) is 9.15. The molecule has 1 N–H and O–H groups in total. The molecule has 0 bridgehead atoms. The molecule has 0 fully saturated rings. The second-order valence-electron chi connectivity index (χ2n) is 4.94. The number of benzene rings is 1. The number of ether oxygens (including phenoxy) is 1. The number of hydrogen-bond acceptors (Lipinski definition) is 2. The fourth-order valence-corrected chi connectivity index (χ4v) is 2.37. The van der Waals surface area contributed by atoms with Crippen LogP contribution in [0.1, 0.15) is 37.8 Å². The Morgan fingerprint density at radius 2 is 2.06 bits per heavy atom. The Kier molecular flexibility index (Phi) is 6.99. The summed E-state index contributed by atoms with van der Waals surface area (Å²) in [6.45, 7) is 7.58. The average Bonchev–Trinajstić information content (AvgIpc) is 2.37. The highest BCUT2D eigenvalue weighted by molar-refractivity contribution is 5.23. The molecule has 18 heavy (non-hydrogen) atoms. The van der Waals surface area contributed by atoms with Crippen molar-refractivity contribution in [1.29, 1.82) is 0 Å². The van der Waals surface area contributed by atoms with Crippen LogP contribution in [0.4, 0.5) is 0 Å². The predicted octanol–water partition coefficient (Wildman–Crippen LogP) is 3.33. The summed E-state index contributed by atoms with van der Waals surface area (Å²) in [5, 5.41) is 3.61. The van der Waals surface area contributed by atoms with E-state index in [9.17, 15) is 0 Å². The summed E-state index contributed by atoms with van der Waals surface area (Å²) in [7, 11) is 1.81. The first-order valence-electron chi connectivity index (χ1n) is 7.03. The number of nitrogens with one attached hydrogen (secondary N) is 1. The standard InChI is InChI=1S/C16H27NO/c1-5-10-17-15(16(6-2)18-4)12-14-9-7-8-13(3)11-14/h7-9,11,15-17H,5-6,10,12H2,1-4H3. The molecule has 0 saturated heterocycles. The molecule has 0 amide bonds. The lowest BCUT2D eigenvalue weighted by molar-refractivity contribution is 0.0653. The molecule has 0 aliphatic carbocycles. The minimum Gasteiger partial charge on any atom is -0.380 e. The zero-order chi connectivity index (χ0) is 13.4. The van der Waals surface area contributed by atoms with Crippen LogP contribution in [-0.2, 0) is 11.2 Å². The predicted molar refractivity (Wildman–Crippen MR) is 78.1 cm³/mol. The van der Waals surface area contributed by atoms with E-state index in [4.69, 9.17) is 4.74 Å². The van der Waals surface area contributed by atoms with E-state index in [1.54, 1.807) is 0 Å². The van der Waals surface area contributed by atoms with Gasteiger partial charge in [0.2, 0.25) is 0 Å². The lowest BCUT2D eigenvalue weighted by Crippen LogP contribution is -2.42. The first-order chi connectivity index (χ1) is 8.71. The third-order valence-corrected chi connectivity index (χ3v) is 3.35. The Hall–Kier alpha value is -0.860. The van der Waals surface area contributed by atoms with Crippen LogP contribution in [0.2, 0.25) is 0 Å². The molecule has 0 aliphatic rings. The highest BCUT2D eigenvalue weighted by Gasteiger charge is 2.19. The van der Waals surface area contributed by atoms with Crippen LogP contribution in [0.25, 0.3) is 0 Å². The summed E-state index contributed by atoms with van der Waals surface area (Å²) in [6.07, 6.45) is 3.53. The van der Waals surface area contributed by atoms with Crippen molar-refractivity contribution < 1.29 is 4.74 Å². The van der Waals surface area contributed by atoms with Crippen molar-refractivity contribution in [3.8, 4) is 0 Å². The largest absolute Gasteiger partial charge is 0.380 e. The maximum atomic E-state index is 5.60. The van der Waals surface area contributed by atoms with Gasteiger partial charge in [-0.15, -0.1) is 0 Å². The van der Waals surface area contributed by atoms with Gasteiger partial charge in [0.1, 0.15) is 0 Å². The number of rotatable bonds is 8. The first kappa shape index (κ1) is 15.2. The van der Waals surface area contributed by atoms with E-state index in [0.29, 0.717) is 6.04 Å². The molecule has 1 aromatic carbocycles. The second kappa shape index (κ2) is 8.28. The van der Waals surface area contributed by atoms with Crippen molar-refractivity contribution in [3.05, 3.63) is 35.4 Å². The topological polar surface area (TPSA) is 21.3 Å². The molecule has 0 saturated carbocycles. The molecule has 0 heterocycles. The normalized spacial score (nSPS) is 14.4. The molecule has 102 valence electrons. The second-order valence-corrected chi connectivity index (χ2v) is 4.94. The van der Waals surface area contributed by atoms with Crippen LogP contribution >= 0.6 is 0 Å². The minimum absolute atomic E-state index is 0.289. The molecule has 2 atom stereocenters. The lowest BCUT2D eigenvalue weighted by atomic mass is 9.98. The van der Waals surface area contributed by atoms with Gasteiger partial charge in [0.05, 0.1) is 6.10 Å².